The van der Waals surface area contributed by atoms with E-state index in [4.69, 9.17) is 5.73 Å². The van der Waals surface area contributed by atoms with Gasteiger partial charge in [-0.2, -0.15) is 0 Å². The fourth-order valence-corrected chi connectivity index (χ4v) is 2.22. The van der Waals surface area contributed by atoms with Crippen LogP contribution in [0.2, 0.25) is 0 Å². The van der Waals surface area contributed by atoms with E-state index in [0.29, 0.717) is 5.69 Å². The van der Waals surface area contributed by atoms with Crippen molar-refractivity contribution in [2.45, 2.75) is 13.8 Å². The van der Waals surface area contributed by atoms with E-state index in [9.17, 15) is 4.79 Å². The number of carbonyl (C=O) groups is 1. The molecule has 1 amide bonds. The van der Waals surface area contributed by atoms with Gasteiger partial charge in [-0.3, -0.25) is 4.79 Å². The molecule has 0 bridgehead atoms. The van der Waals surface area contributed by atoms with Crippen molar-refractivity contribution in [2.24, 2.45) is 0 Å². The predicted molar refractivity (Wildman–Crippen MR) is 79.5 cm³/mol. The number of nitrogens with two attached hydrogens (primary N) is 1. The van der Waals surface area contributed by atoms with Crippen molar-refractivity contribution in [1.82, 2.24) is 0 Å². The van der Waals surface area contributed by atoms with Crippen molar-refractivity contribution in [3.63, 3.8) is 0 Å². The van der Waals surface area contributed by atoms with Crippen molar-refractivity contribution in [3.8, 4) is 0 Å². The molecule has 0 atom stereocenters. The molecule has 0 spiro atoms. The number of rotatable bonds is 2. The number of hydrogen-bond donors (Lipinski definition) is 1. The molecule has 3 nitrogen and oxygen atoms in total. The van der Waals surface area contributed by atoms with Crippen LogP contribution in [-0.4, -0.2) is 13.0 Å². The van der Waals surface area contributed by atoms with Gasteiger partial charge in [0.15, 0.2) is 0 Å². The Hall–Kier alpha value is -2.29. The van der Waals surface area contributed by atoms with Crippen LogP contribution < -0.4 is 10.6 Å². The third kappa shape index (κ3) is 2.45. The summed E-state index contributed by atoms with van der Waals surface area (Å²) in [7, 11) is 1.75. The number of nitrogen functional groups attached to an aromatic ring is 1. The third-order valence-electron chi connectivity index (χ3n) is 3.30. The molecule has 2 rings (SSSR count). The molecular weight excluding hydrogens is 236 g/mol. The lowest BCUT2D eigenvalue weighted by Gasteiger charge is -2.21. The van der Waals surface area contributed by atoms with Crippen LogP contribution in [0, 0.1) is 13.8 Å². The van der Waals surface area contributed by atoms with Crippen molar-refractivity contribution >= 4 is 17.3 Å². The number of carbonyl (C=O) groups excluding carboxylic acids is 1. The van der Waals surface area contributed by atoms with Gasteiger partial charge in [0.1, 0.15) is 0 Å². The number of nitrogens with zero attached hydrogens (tertiary/aromatic N) is 1. The molecule has 2 aromatic carbocycles. The summed E-state index contributed by atoms with van der Waals surface area (Å²) in [6.07, 6.45) is 0. The quantitative estimate of drug-likeness (QED) is 0.837. The van der Waals surface area contributed by atoms with Gasteiger partial charge < -0.3 is 10.6 Å². The highest BCUT2D eigenvalue weighted by atomic mass is 16.2. The van der Waals surface area contributed by atoms with Crippen LogP contribution in [0.3, 0.4) is 0 Å². The van der Waals surface area contributed by atoms with Crippen LogP contribution >= 0.6 is 0 Å². The summed E-state index contributed by atoms with van der Waals surface area (Å²) in [6.45, 7) is 3.89. The zero-order valence-corrected chi connectivity index (χ0v) is 11.5. The standard InChI is InChI=1S/C16H18N2O/c1-11-7-6-8-12(2)15(11)16(19)18(3)14-10-5-4-9-13(14)17/h4-10H,17H2,1-3H3. The first-order valence-electron chi connectivity index (χ1n) is 6.21. The Kier molecular flexibility index (Phi) is 3.56. The number of anilines is 2. The van der Waals surface area contributed by atoms with Gasteiger partial charge >= 0.3 is 0 Å². The SMILES string of the molecule is Cc1cccc(C)c1C(=O)N(C)c1ccccc1N. The smallest absolute Gasteiger partial charge is 0.258 e. The van der Waals surface area contributed by atoms with E-state index in [1.54, 1.807) is 18.0 Å². The second kappa shape index (κ2) is 5.14. The summed E-state index contributed by atoms with van der Waals surface area (Å²) in [5.41, 5.74) is 9.95. The molecule has 0 saturated heterocycles. The average Bonchev–Trinajstić information content (AvgIpc) is 2.38. The Morgan fingerprint density at radius 3 is 2.16 bits per heavy atom. The monoisotopic (exact) mass is 254 g/mol. The fourth-order valence-electron chi connectivity index (χ4n) is 2.22. The highest BCUT2D eigenvalue weighted by Crippen LogP contribution is 2.24. The number of amides is 1. The van der Waals surface area contributed by atoms with Crippen LogP contribution in [0.1, 0.15) is 21.5 Å². The Labute approximate surface area is 113 Å². The normalized spacial score (nSPS) is 10.3. The molecule has 0 aromatic heterocycles. The molecule has 0 aliphatic carbocycles. The fraction of sp³-hybridized carbons (Fsp3) is 0.188. The van der Waals surface area contributed by atoms with Crippen molar-refractivity contribution in [1.29, 1.82) is 0 Å². The lowest BCUT2D eigenvalue weighted by molar-refractivity contribution is 0.0992. The minimum absolute atomic E-state index is 0.0338. The van der Waals surface area contributed by atoms with Crippen LogP contribution in [-0.2, 0) is 0 Å². The lowest BCUT2D eigenvalue weighted by atomic mass is 10.0. The largest absolute Gasteiger partial charge is 0.397 e. The van der Waals surface area contributed by atoms with Crippen LogP contribution in [0.25, 0.3) is 0 Å². The van der Waals surface area contributed by atoms with E-state index in [-0.39, 0.29) is 5.91 Å². The molecule has 0 saturated carbocycles. The predicted octanol–water partition coefficient (Wildman–Crippen LogP) is 3.16. The summed E-state index contributed by atoms with van der Waals surface area (Å²) < 4.78 is 0. The number of hydrogen-bond acceptors (Lipinski definition) is 2. The van der Waals surface area contributed by atoms with Gasteiger partial charge in [0.2, 0.25) is 0 Å². The Bertz CT molecular complexity index is 600. The summed E-state index contributed by atoms with van der Waals surface area (Å²) in [6, 6.07) is 13.2. The molecule has 2 N–H and O–H groups in total. The molecule has 0 aliphatic rings. The first-order valence-corrected chi connectivity index (χ1v) is 6.21. The molecule has 3 heteroatoms. The molecule has 2 aromatic rings. The minimum Gasteiger partial charge on any atom is -0.397 e. The van der Waals surface area contributed by atoms with E-state index in [2.05, 4.69) is 0 Å². The summed E-state index contributed by atoms with van der Waals surface area (Å²) >= 11 is 0. The molecular formula is C16H18N2O. The Balaban J connectivity index is 2.43. The first kappa shape index (κ1) is 13.1. The maximum absolute atomic E-state index is 12.6. The van der Waals surface area contributed by atoms with E-state index >= 15 is 0 Å². The maximum atomic E-state index is 12.6. The summed E-state index contributed by atoms with van der Waals surface area (Å²) in [5, 5.41) is 0. The topological polar surface area (TPSA) is 46.3 Å². The third-order valence-corrected chi connectivity index (χ3v) is 3.30. The second-order valence-corrected chi connectivity index (χ2v) is 4.69. The minimum atomic E-state index is -0.0338. The van der Waals surface area contributed by atoms with E-state index in [1.165, 1.54) is 0 Å². The van der Waals surface area contributed by atoms with Gasteiger partial charge in [0.05, 0.1) is 11.4 Å². The molecule has 0 unspecified atom stereocenters. The molecule has 98 valence electrons. The van der Waals surface area contributed by atoms with Gasteiger partial charge in [-0.25, -0.2) is 0 Å². The number of para-hydroxylation sites is 2. The van der Waals surface area contributed by atoms with Gasteiger partial charge in [0, 0.05) is 12.6 Å². The van der Waals surface area contributed by atoms with Crippen LogP contribution in [0.5, 0.6) is 0 Å². The zero-order chi connectivity index (χ0) is 14.0. The van der Waals surface area contributed by atoms with Crippen molar-refractivity contribution in [3.05, 3.63) is 59.2 Å². The maximum Gasteiger partial charge on any atom is 0.258 e. The van der Waals surface area contributed by atoms with Gasteiger partial charge in [-0.15, -0.1) is 0 Å². The highest BCUT2D eigenvalue weighted by Gasteiger charge is 2.18. The summed E-state index contributed by atoms with van der Waals surface area (Å²) in [4.78, 5) is 14.2. The van der Waals surface area contributed by atoms with Gasteiger partial charge in [-0.1, -0.05) is 30.3 Å². The Morgan fingerprint density at radius 1 is 1.00 bits per heavy atom. The highest BCUT2D eigenvalue weighted by molar-refractivity contribution is 6.08. The van der Waals surface area contributed by atoms with Gasteiger partial charge in [-0.05, 0) is 37.1 Å². The van der Waals surface area contributed by atoms with Crippen molar-refractivity contribution in [2.75, 3.05) is 17.7 Å². The van der Waals surface area contributed by atoms with Crippen molar-refractivity contribution < 1.29 is 4.79 Å². The lowest BCUT2D eigenvalue weighted by Crippen LogP contribution is -2.28. The number of benzene rings is 2. The zero-order valence-electron chi connectivity index (χ0n) is 11.5. The average molecular weight is 254 g/mol. The van der Waals surface area contributed by atoms with Crippen LogP contribution in [0.15, 0.2) is 42.5 Å². The molecule has 0 heterocycles. The Morgan fingerprint density at radius 2 is 1.58 bits per heavy atom. The molecule has 0 aliphatic heterocycles. The van der Waals surface area contributed by atoms with Gasteiger partial charge in [0.25, 0.3) is 5.91 Å². The van der Waals surface area contributed by atoms with E-state index < -0.39 is 0 Å². The summed E-state index contributed by atoms with van der Waals surface area (Å²) in [5.74, 6) is -0.0338. The molecule has 19 heavy (non-hydrogen) atoms. The second-order valence-electron chi connectivity index (χ2n) is 4.69. The van der Waals surface area contributed by atoms with E-state index in [1.807, 2.05) is 50.2 Å². The van der Waals surface area contributed by atoms with Crippen LogP contribution in [0.4, 0.5) is 11.4 Å². The number of aryl methyl sites for hydroxylation is 2. The first-order chi connectivity index (χ1) is 9.02. The molecule has 0 fully saturated rings. The van der Waals surface area contributed by atoms with E-state index in [0.717, 1.165) is 22.4 Å². The molecule has 0 radical (unpaired) electrons.